The molecular weight excluding hydrogens is 208 g/mol. The van der Waals surface area contributed by atoms with E-state index in [0.29, 0.717) is 5.92 Å². The highest BCUT2D eigenvalue weighted by Crippen LogP contribution is 2.63. The van der Waals surface area contributed by atoms with Crippen LogP contribution in [0.3, 0.4) is 0 Å². The van der Waals surface area contributed by atoms with Crippen LogP contribution in [0.2, 0.25) is 0 Å². The summed E-state index contributed by atoms with van der Waals surface area (Å²) in [5.74, 6) is 0.539. The summed E-state index contributed by atoms with van der Waals surface area (Å²) in [6, 6.07) is 0. The Kier molecular flexibility index (Phi) is 2.34. The maximum absolute atomic E-state index is 11.8. The fraction of sp³-hybridized carbons (Fsp3) is 0.615. The van der Waals surface area contributed by atoms with Crippen molar-refractivity contribution in [3.05, 3.63) is 24.3 Å². The number of carbonyl (C=O) groups is 1. The van der Waals surface area contributed by atoms with Crippen molar-refractivity contribution >= 4 is 16.8 Å². The van der Waals surface area contributed by atoms with Crippen LogP contribution in [0.1, 0.15) is 33.1 Å². The van der Waals surface area contributed by atoms with Crippen molar-refractivity contribution in [2.45, 2.75) is 33.1 Å². The van der Waals surface area contributed by atoms with Gasteiger partial charge < -0.3 is 0 Å². The van der Waals surface area contributed by atoms with Gasteiger partial charge in [0.1, 0.15) is 0 Å². The minimum atomic E-state index is -0.389. The Bertz CT molecular complexity index is 358. The molecule has 0 aromatic heterocycles. The number of hydrogen-bond donors (Lipinski definition) is 0. The average Bonchev–Trinajstić information content (AvgIpc) is 2.57. The van der Waals surface area contributed by atoms with Crippen LogP contribution in [0.4, 0.5) is 0 Å². The molecule has 1 saturated carbocycles. The van der Waals surface area contributed by atoms with Crippen LogP contribution in [-0.4, -0.2) is 5.24 Å². The SMILES string of the molecule is C=C(C)CC1(C(=O)Cl)CC2C=CC1(C)C2. The Morgan fingerprint density at radius 1 is 1.60 bits per heavy atom. The van der Waals surface area contributed by atoms with Crippen LogP contribution in [0, 0.1) is 16.7 Å². The van der Waals surface area contributed by atoms with Gasteiger partial charge in [-0.15, -0.1) is 6.58 Å². The summed E-state index contributed by atoms with van der Waals surface area (Å²) in [5, 5.41) is -0.181. The zero-order valence-electron chi connectivity index (χ0n) is 9.35. The molecule has 0 spiro atoms. The van der Waals surface area contributed by atoms with Crippen molar-refractivity contribution in [3.63, 3.8) is 0 Å². The lowest BCUT2D eigenvalue weighted by Gasteiger charge is -2.40. The van der Waals surface area contributed by atoms with E-state index >= 15 is 0 Å². The third-order valence-corrected chi connectivity index (χ3v) is 4.47. The molecule has 0 aromatic carbocycles. The van der Waals surface area contributed by atoms with Crippen LogP contribution in [0.25, 0.3) is 0 Å². The molecule has 0 aliphatic heterocycles. The summed E-state index contributed by atoms with van der Waals surface area (Å²) in [5.41, 5.74) is 0.612. The summed E-state index contributed by atoms with van der Waals surface area (Å²) in [4.78, 5) is 11.8. The molecule has 0 radical (unpaired) electrons. The van der Waals surface area contributed by atoms with E-state index in [1.807, 2.05) is 6.92 Å². The number of allylic oxidation sites excluding steroid dienone is 3. The monoisotopic (exact) mass is 224 g/mol. The molecule has 1 nitrogen and oxygen atoms in total. The molecule has 0 aromatic rings. The third-order valence-electron chi connectivity index (χ3n) is 4.11. The van der Waals surface area contributed by atoms with Gasteiger partial charge in [-0.05, 0) is 43.7 Å². The van der Waals surface area contributed by atoms with E-state index in [0.717, 1.165) is 24.8 Å². The van der Waals surface area contributed by atoms with Gasteiger partial charge in [0.05, 0.1) is 5.41 Å². The number of halogens is 1. The minimum Gasteiger partial charge on any atom is -0.281 e. The molecule has 3 atom stereocenters. The zero-order valence-corrected chi connectivity index (χ0v) is 10.1. The maximum Gasteiger partial charge on any atom is 0.229 e. The normalized spacial score (nSPS) is 42.2. The summed E-state index contributed by atoms with van der Waals surface area (Å²) in [6.45, 7) is 8.05. The van der Waals surface area contributed by atoms with Crippen LogP contribution >= 0.6 is 11.6 Å². The molecule has 2 heteroatoms. The van der Waals surface area contributed by atoms with E-state index in [4.69, 9.17) is 11.6 Å². The van der Waals surface area contributed by atoms with Gasteiger partial charge in [-0.1, -0.05) is 24.6 Å². The van der Waals surface area contributed by atoms with Crippen LogP contribution < -0.4 is 0 Å². The largest absolute Gasteiger partial charge is 0.281 e. The van der Waals surface area contributed by atoms with E-state index in [9.17, 15) is 4.79 Å². The third kappa shape index (κ3) is 1.40. The Hall–Kier alpha value is -0.560. The van der Waals surface area contributed by atoms with E-state index in [-0.39, 0.29) is 16.1 Å². The van der Waals surface area contributed by atoms with Crippen LogP contribution in [0.5, 0.6) is 0 Å². The van der Waals surface area contributed by atoms with Crippen molar-refractivity contribution in [2.24, 2.45) is 16.7 Å². The highest BCUT2D eigenvalue weighted by molar-refractivity contribution is 6.64. The minimum absolute atomic E-state index is 0.0462. The molecule has 2 bridgehead atoms. The number of hydrogen-bond acceptors (Lipinski definition) is 1. The molecule has 15 heavy (non-hydrogen) atoms. The fourth-order valence-corrected chi connectivity index (χ4v) is 3.73. The van der Waals surface area contributed by atoms with Crippen molar-refractivity contribution in [3.8, 4) is 0 Å². The number of rotatable bonds is 3. The second-order valence-electron chi connectivity index (χ2n) is 5.43. The van der Waals surface area contributed by atoms with Crippen LogP contribution in [0.15, 0.2) is 24.3 Å². The van der Waals surface area contributed by atoms with Gasteiger partial charge in [-0.25, -0.2) is 0 Å². The lowest BCUT2D eigenvalue weighted by atomic mass is 9.64. The summed E-state index contributed by atoms with van der Waals surface area (Å²) < 4.78 is 0. The van der Waals surface area contributed by atoms with Gasteiger partial charge in [0.25, 0.3) is 0 Å². The first-order valence-electron chi connectivity index (χ1n) is 5.43. The molecule has 0 amide bonds. The predicted octanol–water partition coefficient (Wildman–Crippen LogP) is 3.69. The van der Waals surface area contributed by atoms with Gasteiger partial charge in [0.2, 0.25) is 5.24 Å². The van der Waals surface area contributed by atoms with E-state index in [1.165, 1.54) is 0 Å². The van der Waals surface area contributed by atoms with Crippen molar-refractivity contribution < 1.29 is 4.79 Å². The number of fused-ring (bicyclic) bond motifs is 2. The topological polar surface area (TPSA) is 17.1 Å². The average molecular weight is 225 g/mol. The second kappa shape index (κ2) is 3.21. The molecule has 2 rings (SSSR count). The summed E-state index contributed by atoms with van der Waals surface area (Å²) in [7, 11) is 0. The first-order chi connectivity index (χ1) is 6.90. The molecule has 82 valence electrons. The summed E-state index contributed by atoms with van der Waals surface area (Å²) in [6.07, 6.45) is 7.11. The quantitative estimate of drug-likeness (QED) is 0.528. The second-order valence-corrected chi connectivity index (χ2v) is 5.78. The van der Waals surface area contributed by atoms with Crippen molar-refractivity contribution in [1.29, 1.82) is 0 Å². The van der Waals surface area contributed by atoms with Gasteiger partial charge in [0.15, 0.2) is 0 Å². The number of carbonyl (C=O) groups excluding carboxylic acids is 1. The first kappa shape index (κ1) is 10.9. The zero-order chi connectivity index (χ0) is 11.3. The molecule has 0 saturated heterocycles. The molecule has 0 N–H and O–H groups in total. The Morgan fingerprint density at radius 3 is 2.60 bits per heavy atom. The molecule has 2 aliphatic rings. The van der Waals surface area contributed by atoms with Gasteiger partial charge >= 0.3 is 0 Å². The van der Waals surface area contributed by atoms with Gasteiger partial charge in [-0.2, -0.15) is 0 Å². The predicted molar refractivity (Wildman–Crippen MR) is 62.7 cm³/mol. The molecule has 3 unspecified atom stereocenters. The molecular formula is C13H17ClO. The van der Waals surface area contributed by atoms with Gasteiger partial charge in [-0.3, -0.25) is 4.79 Å². The highest BCUT2D eigenvalue weighted by Gasteiger charge is 2.59. The lowest BCUT2D eigenvalue weighted by molar-refractivity contribution is -0.124. The first-order valence-corrected chi connectivity index (χ1v) is 5.81. The lowest BCUT2D eigenvalue weighted by Crippen LogP contribution is -2.39. The van der Waals surface area contributed by atoms with Crippen molar-refractivity contribution in [1.82, 2.24) is 0 Å². The standard InChI is InChI=1S/C13H17ClO/c1-9(2)6-13(11(14)15)8-10-4-5-12(13,3)7-10/h4-5,10H,1,6-8H2,2-3H3. The summed E-state index contributed by atoms with van der Waals surface area (Å²) >= 11 is 5.85. The fourth-order valence-electron chi connectivity index (χ4n) is 3.37. The molecule has 2 aliphatic carbocycles. The smallest absolute Gasteiger partial charge is 0.229 e. The van der Waals surface area contributed by atoms with Crippen molar-refractivity contribution in [2.75, 3.05) is 0 Å². The Labute approximate surface area is 96.2 Å². The van der Waals surface area contributed by atoms with E-state index < -0.39 is 0 Å². The van der Waals surface area contributed by atoms with E-state index in [1.54, 1.807) is 0 Å². The Balaban J connectivity index is 2.41. The molecule has 1 fully saturated rings. The maximum atomic E-state index is 11.8. The highest BCUT2D eigenvalue weighted by atomic mass is 35.5. The Morgan fingerprint density at radius 2 is 2.27 bits per heavy atom. The van der Waals surface area contributed by atoms with E-state index in [2.05, 4.69) is 25.7 Å². The van der Waals surface area contributed by atoms with Gasteiger partial charge in [0, 0.05) is 5.41 Å². The van der Waals surface area contributed by atoms with Crippen LogP contribution in [-0.2, 0) is 4.79 Å². The molecule has 0 heterocycles.